The molecule has 0 atom stereocenters. The summed E-state index contributed by atoms with van der Waals surface area (Å²) in [5.41, 5.74) is 4.10. The number of nitrogens with zero attached hydrogens (tertiary/aromatic N) is 4. The third kappa shape index (κ3) is 5.85. The van der Waals surface area contributed by atoms with Gasteiger partial charge in [-0.2, -0.15) is 5.10 Å². The number of aryl methyl sites for hydroxylation is 1. The van der Waals surface area contributed by atoms with E-state index >= 15 is 0 Å². The minimum atomic E-state index is -0.0718. The van der Waals surface area contributed by atoms with Gasteiger partial charge in [0.1, 0.15) is 17.1 Å². The molecule has 0 radical (unpaired) electrons. The molecule has 0 saturated carbocycles. The quantitative estimate of drug-likeness (QED) is 0.327. The number of rotatable bonds is 4. The van der Waals surface area contributed by atoms with Crippen molar-refractivity contribution >= 4 is 28.5 Å². The minimum Gasteiger partial charge on any atom is -0.497 e. The first-order valence-corrected chi connectivity index (χ1v) is 13.7. The highest BCUT2D eigenvalue weighted by Crippen LogP contribution is 2.32. The van der Waals surface area contributed by atoms with Crippen molar-refractivity contribution in [2.45, 2.75) is 59.0 Å². The number of ether oxygens (including phenoxy) is 1. The van der Waals surface area contributed by atoms with Gasteiger partial charge in [0.05, 0.1) is 19.2 Å². The Bertz CT molecular complexity index is 1460. The second kappa shape index (κ2) is 11.8. The fourth-order valence-electron chi connectivity index (χ4n) is 5.43. The largest absolute Gasteiger partial charge is 0.497 e. The van der Waals surface area contributed by atoms with Gasteiger partial charge in [0, 0.05) is 50.0 Å². The first-order valence-electron chi connectivity index (χ1n) is 13.7. The second-order valence-corrected chi connectivity index (χ2v) is 10.2. The van der Waals surface area contributed by atoms with Gasteiger partial charge in [0.25, 0.3) is 5.91 Å². The third-order valence-electron chi connectivity index (χ3n) is 7.47. The average Bonchev–Trinajstić information content (AvgIpc) is 3.55. The maximum atomic E-state index is 14.1. The number of carbonyl (C=O) groups excluding carboxylic acids is 2. The van der Waals surface area contributed by atoms with E-state index in [0.29, 0.717) is 48.8 Å². The lowest BCUT2D eigenvalue weighted by atomic mass is 10.0. The Balaban J connectivity index is 1.55. The molecule has 1 aliphatic rings. The van der Waals surface area contributed by atoms with Crippen LogP contribution in [-0.4, -0.2) is 46.7 Å². The highest BCUT2D eigenvalue weighted by atomic mass is 16.5. The molecule has 0 bridgehead atoms. The molecule has 204 valence electrons. The van der Waals surface area contributed by atoms with E-state index in [0.717, 1.165) is 54.3 Å². The van der Waals surface area contributed by atoms with Crippen molar-refractivity contribution in [1.29, 1.82) is 0 Å². The van der Waals surface area contributed by atoms with Crippen LogP contribution in [0.15, 0.2) is 59.3 Å². The number of benzene rings is 2. The van der Waals surface area contributed by atoms with Crippen molar-refractivity contribution in [2.75, 3.05) is 25.1 Å². The molecule has 8 nitrogen and oxygen atoms in total. The Morgan fingerprint density at radius 2 is 1.82 bits per heavy atom. The Labute approximate surface area is 229 Å². The van der Waals surface area contributed by atoms with Crippen LogP contribution in [-0.2, 0) is 17.9 Å². The summed E-state index contributed by atoms with van der Waals surface area (Å²) in [6, 6.07) is 13.6. The molecular weight excluding hydrogens is 492 g/mol. The first kappa shape index (κ1) is 26.5. The van der Waals surface area contributed by atoms with Crippen LogP contribution in [0.3, 0.4) is 0 Å². The fraction of sp³-hybridized carbons (Fsp3) is 0.387. The average molecular weight is 529 g/mol. The van der Waals surface area contributed by atoms with Gasteiger partial charge in [-0.3, -0.25) is 14.3 Å². The summed E-state index contributed by atoms with van der Waals surface area (Å²) in [5, 5.41) is 5.09. The summed E-state index contributed by atoms with van der Waals surface area (Å²) in [6.07, 6.45) is 8.72. The SMILES string of the molecule is COc1ccc2oc(C)c(C(=O)N3CCCCCCCN(C(C)=O)c4cc(Cn5cccn5)ccc4C3)c2c1. The summed E-state index contributed by atoms with van der Waals surface area (Å²) >= 11 is 0. The summed E-state index contributed by atoms with van der Waals surface area (Å²) in [6.45, 7) is 5.75. The van der Waals surface area contributed by atoms with E-state index < -0.39 is 0 Å². The number of hydrogen-bond donors (Lipinski definition) is 0. The number of furan rings is 1. The zero-order valence-electron chi connectivity index (χ0n) is 23.0. The highest BCUT2D eigenvalue weighted by molar-refractivity contribution is 6.07. The maximum Gasteiger partial charge on any atom is 0.258 e. The lowest BCUT2D eigenvalue weighted by molar-refractivity contribution is -0.116. The van der Waals surface area contributed by atoms with Gasteiger partial charge in [-0.1, -0.05) is 31.4 Å². The lowest BCUT2D eigenvalue weighted by Crippen LogP contribution is -2.35. The number of anilines is 1. The molecule has 0 fully saturated rings. The monoisotopic (exact) mass is 528 g/mol. The van der Waals surface area contributed by atoms with Gasteiger partial charge in [-0.25, -0.2) is 0 Å². The number of amides is 2. The zero-order valence-corrected chi connectivity index (χ0v) is 23.0. The van der Waals surface area contributed by atoms with Crippen molar-refractivity contribution < 1.29 is 18.7 Å². The molecule has 0 aliphatic carbocycles. The van der Waals surface area contributed by atoms with E-state index in [9.17, 15) is 9.59 Å². The molecule has 8 heteroatoms. The molecule has 3 heterocycles. The van der Waals surface area contributed by atoms with Crippen molar-refractivity contribution in [1.82, 2.24) is 14.7 Å². The Morgan fingerprint density at radius 1 is 1.03 bits per heavy atom. The zero-order chi connectivity index (χ0) is 27.4. The summed E-state index contributed by atoms with van der Waals surface area (Å²) in [5.74, 6) is 1.21. The summed E-state index contributed by atoms with van der Waals surface area (Å²) in [7, 11) is 1.62. The summed E-state index contributed by atoms with van der Waals surface area (Å²) in [4.78, 5) is 30.8. The molecule has 0 N–H and O–H groups in total. The van der Waals surface area contributed by atoms with Gasteiger partial charge in [-0.15, -0.1) is 0 Å². The van der Waals surface area contributed by atoms with Gasteiger partial charge >= 0.3 is 0 Å². The number of hydrogen-bond acceptors (Lipinski definition) is 5. The van der Waals surface area contributed by atoms with E-state index in [1.165, 1.54) is 0 Å². The van der Waals surface area contributed by atoms with Crippen LogP contribution >= 0.6 is 0 Å². The molecule has 2 aromatic carbocycles. The lowest BCUT2D eigenvalue weighted by Gasteiger charge is -2.29. The standard InChI is InChI=1S/C31H36N4O4/c1-22-30(27-19-26(38-3)12-13-29(27)39-22)31(37)33-15-7-5-4-6-8-17-35(23(2)36)28-18-24(10-11-25(28)21-33)20-34-16-9-14-32-34/h9-14,16,18-19H,4-8,15,17,20-21H2,1-3H3. The molecule has 1 aliphatic heterocycles. The summed E-state index contributed by atoms with van der Waals surface area (Å²) < 4.78 is 13.3. The van der Waals surface area contributed by atoms with E-state index in [1.54, 1.807) is 20.2 Å². The van der Waals surface area contributed by atoms with Crippen LogP contribution in [0.4, 0.5) is 5.69 Å². The topological polar surface area (TPSA) is 80.8 Å². The number of methoxy groups -OCH3 is 1. The van der Waals surface area contributed by atoms with Crippen molar-refractivity contribution in [3.63, 3.8) is 0 Å². The third-order valence-corrected chi connectivity index (χ3v) is 7.47. The Hall–Kier alpha value is -4.07. The molecule has 4 aromatic rings. The van der Waals surface area contributed by atoms with Crippen LogP contribution in [0.1, 0.15) is 66.3 Å². The van der Waals surface area contributed by atoms with Crippen molar-refractivity contribution in [3.8, 4) is 5.75 Å². The number of carbonyl (C=O) groups is 2. The molecule has 0 unspecified atom stereocenters. The van der Waals surface area contributed by atoms with Crippen LogP contribution < -0.4 is 9.64 Å². The number of aromatic nitrogens is 2. The van der Waals surface area contributed by atoms with Crippen molar-refractivity contribution in [2.24, 2.45) is 0 Å². The molecular formula is C31H36N4O4. The van der Waals surface area contributed by atoms with Gasteiger partial charge in [0.2, 0.25) is 5.91 Å². The van der Waals surface area contributed by atoms with Gasteiger partial charge in [0.15, 0.2) is 0 Å². The van der Waals surface area contributed by atoms with Crippen LogP contribution in [0.5, 0.6) is 5.75 Å². The van der Waals surface area contributed by atoms with E-state index in [1.807, 2.05) is 51.9 Å². The van der Waals surface area contributed by atoms with Gasteiger partial charge < -0.3 is 19.0 Å². The highest BCUT2D eigenvalue weighted by Gasteiger charge is 2.26. The molecule has 5 rings (SSSR count). The maximum absolute atomic E-state index is 14.1. The minimum absolute atomic E-state index is 0.00573. The molecule has 39 heavy (non-hydrogen) atoms. The van der Waals surface area contributed by atoms with E-state index in [4.69, 9.17) is 9.15 Å². The second-order valence-electron chi connectivity index (χ2n) is 10.2. The molecule has 0 spiro atoms. The normalized spacial score (nSPS) is 14.9. The Kier molecular flexibility index (Phi) is 8.00. The predicted octanol–water partition coefficient (Wildman–Crippen LogP) is 5.95. The Morgan fingerprint density at radius 3 is 2.56 bits per heavy atom. The molecule has 0 saturated heterocycles. The predicted molar refractivity (Wildman–Crippen MR) is 151 cm³/mol. The van der Waals surface area contributed by atoms with Crippen LogP contribution in [0.25, 0.3) is 11.0 Å². The van der Waals surface area contributed by atoms with Crippen LogP contribution in [0, 0.1) is 6.92 Å². The van der Waals surface area contributed by atoms with Gasteiger partial charge in [-0.05, 0) is 61.2 Å². The van der Waals surface area contributed by atoms with E-state index in [-0.39, 0.29) is 11.8 Å². The first-order chi connectivity index (χ1) is 18.9. The van der Waals surface area contributed by atoms with Crippen LogP contribution in [0.2, 0.25) is 0 Å². The number of fused-ring (bicyclic) bond motifs is 2. The van der Waals surface area contributed by atoms with Crippen molar-refractivity contribution in [3.05, 3.63) is 77.3 Å². The molecule has 2 aromatic heterocycles. The molecule has 2 amide bonds. The van der Waals surface area contributed by atoms with E-state index in [2.05, 4.69) is 23.3 Å². The fourth-order valence-corrected chi connectivity index (χ4v) is 5.43. The smallest absolute Gasteiger partial charge is 0.258 e.